The summed E-state index contributed by atoms with van der Waals surface area (Å²) in [5, 5.41) is 54.5. The van der Waals surface area contributed by atoms with Crippen LogP contribution < -0.4 is 5.32 Å². The van der Waals surface area contributed by atoms with Crippen molar-refractivity contribution in [1.82, 2.24) is 5.32 Å². The van der Waals surface area contributed by atoms with Gasteiger partial charge in [-0.2, -0.15) is 0 Å². The van der Waals surface area contributed by atoms with Gasteiger partial charge in [-0.15, -0.1) is 0 Å². The summed E-state index contributed by atoms with van der Waals surface area (Å²) in [5.41, 5.74) is 0. The van der Waals surface area contributed by atoms with Gasteiger partial charge in [0, 0.05) is 6.42 Å². The molecule has 1 saturated heterocycles. The van der Waals surface area contributed by atoms with Gasteiger partial charge in [0.15, 0.2) is 6.29 Å². The highest BCUT2D eigenvalue weighted by atomic mass is 16.7. The zero-order valence-electron chi connectivity index (χ0n) is 44.2. The molecule has 0 radical (unpaired) electrons. The Bertz CT molecular complexity index is 1060. The monoisotopic (exact) mass is 952 g/mol. The fraction of sp³-hybridized carbons (Fsp3) is 0.948. The van der Waals surface area contributed by atoms with E-state index >= 15 is 0 Å². The minimum Gasteiger partial charge on any atom is -0.394 e. The van der Waals surface area contributed by atoms with E-state index in [-0.39, 0.29) is 12.5 Å². The van der Waals surface area contributed by atoms with Crippen LogP contribution in [0.15, 0.2) is 12.2 Å². The molecule has 9 nitrogen and oxygen atoms in total. The minimum atomic E-state index is -1.55. The maximum Gasteiger partial charge on any atom is 0.220 e. The van der Waals surface area contributed by atoms with Crippen LogP contribution in [0.4, 0.5) is 0 Å². The lowest BCUT2D eigenvalue weighted by atomic mass is 9.99. The summed E-state index contributed by atoms with van der Waals surface area (Å²) in [6.07, 6.45) is 52.7. The molecule has 0 aromatic carbocycles. The molecular formula is C58H113NO8. The van der Waals surface area contributed by atoms with Crippen molar-refractivity contribution in [2.45, 2.75) is 339 Å². The van der Waals surface area contributed by atoms with Gasteiger partial charge in [0.1, 0.15) is 24.4 Å². The highest BCUT2D eigenvalue weighted by molar-refractivity contribution is 5.76. The average Bonchev–Trinajstić information content (AvgIpc) is 3.33. The molecule has 7 atom stereocenters. The van der Waals surface area contributed by atoms with Crippen LogP contribution in [0, 0.1) is 0 Å². The number of carbonyl (C=O) groups is 1. The lowest BCUT2D eigenvalue weighted by Crippen LogP contribution is -2.60. The van der Waals surface area contributed by atoms with Crippen LogP contribution in [0.2, 0.25) is 0 Å². The number of ether oxygens (including phenoxy) is 2. The van der Waals surface area contributed by atoms with Gasteiger partial charge < -0.3 is 40.3 Å². The summed E-state index contributed by atoms with van der Waals surface area (Å²) in [5.74, 6) is -0.139. The van der Waals surface area contributed by atoms with E-state index in [2.05, 4.69) is 31.3 Å². The molecule has 6 N–H and O–H groups in total. The van der Waals surface area contributed by atoms with Crippen LogP contribution in [0.5, 0.6) is 0 Å². The van der Waals surface area contributed by atoms with E-state index in [0.29, 0.717) is 12.8 Å². The number of aliphatic hydroxyl groups excluding tert-OH is 5. The van der Waals surface area contributed by atoms with E-state index in [9.17, 15) is 30.3 Å². The molecule has 0 aromatic heterocycles. The Hall–Kier alpha value is -1.07. The van der Waals surface area contributed by atoms with Crippen LogP contribution >= 0.6 is 0 Å². The summed E-state index contributed by atoms with van der Waals surface area (Å²) in [4.78, 5) is 13.0. The number of rotatable bonds is 51. The van der Waals surface area contributed by atoms with Crippen molar-refractivity contribution in [1.29, 1.82) is 0 Å². The molecule has 1 aliphatic heterocycles. The Labute approximate surface area is 414 Å². The lowest BCUT2D eigenvalue weighted by molar-refractivity contribution is -0.302. The van der Waals surface area contributed by atoms with Crippen LogP contribution in [0.1, 0.15) is 296 Å². The number of carbonyl (C=O) groups excluding carboxylic acids is 1. The molecule has 1 aliphatic rings. The third-order valence-electron chi connectivity index (χ3n) is 14.4. The molecule has 1 rings (SSSR count). The number of nitrogens with one attached hydrogen (secondary N) is 1. The van der Waals surface area contributed by atoms with Crippen molar-refractivity contribution in [2.75, 3.05) is 13.2 Å². The van der Waals surface area contributed by atoms with Crippen LogP contribution in [0.3, 0.4) is 0 Å². The molecule has 0 saturated carbocycles. The Kier molecular flexibility index (Phi) is 46.3. The average molecular weight is 953 g/mol. The van der Waals surface area contributed by atoms with Gasteiger partial charge in [0.2, 0.25) is 5.91 Å². The quantitative estimate of drug-likeness (QED) is 0.0261. The van der Waals surface area contributed by atoms with Gasteiger partial charge in [-0.1, -0.05) is 264 Å². The molecule has 0 spiro atoms. The second-order valence-electron chi connectivity index (χ2n) is 20.8. The Morgan fingerprint density at radius 3 is 1.21 bits per heavy atom. The topological polar surface area (TPSA) is 149 Å². The molecule has 9 heteroatoms. The largest absolute Gasteiger partial charge is 0.394 e. The van der Waals surface area contributed by atoms with Gasteiger partial charge in [-0.3, -0.25) is 4.79 Å². The first-order valence-corrected chi connectivity index (χ1v) is 29.4. The molecule has 1 amide bonds. The molecule has 0 bridgehead atoms. The number of allylic oxidation sites excluding steroid dienone is 2. The molecule has 0 aromatic rings. The van der Waals surface area contributed by atoms with E-state index in [4.69, 9.17) is 9.47 Å². The Morgan fingerprint density at radius 1 is 0.493 bits per heavy atom. The van der Waals surface area contributed by atoms with Gasteiger partial charge in [-0.05, 0) is 38.5 Å². The molecule has 1 fully saturated rings. The molecule has 7 unspecified atom stereocenters. The van der Waals surface area contributed by atoms with Crippen LogP contribution in [0.25, 0.3) is 0 Å². The van der Waals surface area contributed by atoms with E-state index in [1.807, 2.05) is 0 Å². The molecular weight excluding hydrogens is 839 g/mol. The molecule has 0 aliphatic carbocycles. The van der Waals surface area contributed by atoms with E-state index in [1.165, 1.54) is 231 Å². The number of hydrogen-bond acceptors (Lipinski definition) is 8. The highest BCUT2D eigenvalue weighted by Crippen LogP contribution is 2.23. The second kappa shape index (κ2) is 48.6. The predicted molar refractivity (Wildman–Crippen MR) is 281 cm³/mol. The van der Waals surface area contributed by atoms with Crippen molar-refractivity contribution in [3.8, 4) is 0 Å². The van der Waals surface area contributed by atoms with Crippen molar-refractivity contribution < 1.29 is 39.8 Å². The van der Waals surface area contributed by atoms with Gasteiger partial charge >= 0.3 is 0 Å². The third kappa shape index (κ3) is 38.3. The fourth-order valence-electron chi connectivity index (χ4n) is 9.69. The van der Waals surface area contributed by atoms with Crippen LogP contribution in [-0.4, -0.2) is 87.5 Å². The number of amides is 1. The summed E-state index contributed by atoms with van der Waals surface area (Å²) in [7, 11) is 0. The van der Waals surface area contributed by atoms with Gasteiger partial charge in [0.25, 0.3) is 0 Å². The smallest absolute Gasteiger partial charge is 0.220 e. The van der Waals surface area contributed by atoms with Crippen molar-refractivity contribution in [2.24, 2.45) is 0 Å². The molecule has 1 heterocycles. The fourth-order valence-corrected chi connectivity index (χ4v) is 9.69. The minimum absolute atomic E-state index is 0.133. The second-order valence-corrected chi connectivity index (χ2v) is 20.8. The maximum atomic E-state index is 13.0. The lowest BCUT2D eigenvalue weighted by Gasteiger charge is -2.40. The van der Waals surface area contributed by atoms with Gasteiger partial charge in [0.05, 0.1) is 25.4 Å². The Morgan fingerprint density at radius 2 is 0.836 bits per heavy atom. The zero-order chi connectivity index (χ0) is 48.7. The predicted octanol–water partition coefficient (Wildman–Crippen LogP) is 14.4. The van der Waals surface area contributed by atoms with E-state index in [0.717, 1.165) is 38.5 Å². The first kappa shape index (κ1) is 63.9. The van der Waals surface area contributed by atoms with Crippen molar-refractivity contribution in [3.05, 3.63) is 12.2 Å². The van der Waals surface area contributed by atoms with Crippen LogP contribution in [-0.2, 0) is 14.3 Å². The number of aliphatic hydroxyl groups is 5. The summed E-state index contributed by atoms with van der Waals surface area (Å²) in [6, 6.07) is -0.713. The summed E-state index contributed by atoms with van der Waals surface area (Å²) < 4.78 is 11.3. The zero-order valence-corrected chi connectivity index (χ0v) is 44.2. The number of hydrogen-bond donors (Lipinski definition) is 6. The normalized spacial score (nSPS) is 19.7. The SMILES string of the molecule is CCCCCCCCCC/C=C\CCCCCCCCCCCCCCCCCCCCCCCC(=O)NC(COC1OC(CO)C(O)C(O)C1O)C(O)CCCCCCCCCCCCC. The van der Waals surface area contributed by atoms with Gasteiger partial charge in [-0.25, -0.2) is 0 Å². The summed E-state index contributed by atoms with van der Waals surface area (Å²) in [6.45, 7) is 3.85. The highest BCUT2D eigenvalue weighted by Gasteiger charge is 2.44. The van der Waals surface area contributed by atoms with E-state index < -0.39 is 49.5 Å². The third-order valence-corrected chi connectivity index (χ3v) is 14.4. The van der Waals surface area contributed by atoms with E-state index in [1.54, 1.807) is 0 Å². The maximum absolute atomic E-state index is 13.0. The summed E-state index contributed by atoms with van der Waals surface area (Å²) >= 11 is 0. The van der Waals surface area contributed by atoms with Crippen molar-refractivity contribution >= 4 is 5.91 Å². The number of unbranched alkanes of at least 4 members (excludes halogenated alkanes) is 39. The Balaban J connectivity index is 2.05. The first-order chi connectivity index (χ1) is 32.8. The van der Waals surface area contributed by atoms with Crippen molar-refractivity contribution in [3.63, 3.8) is 0 Å². The first-order valence-electron chi connectivity index (χ1n) is 29.4. The molecule has 398 valence electrons. The molecule has 67 heavy (non-hydrogen) atoms. The standard InChI is InChI=1S/C58H113NO8/c1-3-5-7-9-11-13-15-16-17-18-19-20-21-22-23-24-25-26-27-28-29-30-31-32-33-34-35-36-38-40-42-44-46-48-54(62)59-51(50-66-58-57(65)56(64)55(63)53(49-60)67-58)52(61)47-45-43-41-39-37-14-12-10-8-6-4-2/h18-19,51-53,55-58,60-61,63-65H,3-17,20-50H2,1-2H3,(H,59,62)/b19-18-.